The number of rotatable bonds is 4. The highest BCUT2D eigenvalue weighted by Gasteiger charge is 2.26. The van der Waals surface area contributed by atoms with Crippen molar-refractivity contribution in [3.8, 4) is 11.1 Å². The molecule has 6 aromatic rings. The highest BCUT2D eigenvalue weighted by molar-refractivity contribution is 6.12. The van der Waals surface area contributed by atoms with Gasteiger partial charge in [-0.05, 0) is 95.3 Å². The van der Waals surface area contributed by atoms with Crippen molar-refractivity contribution in [2.24, 2.45) is 7.05 Å². The quantitative estimate of drug-likeness (QED) is 0.170. The molecular formula is C36H40N3+. The Labute approximate surface area is 232 Å². The van der Waals surface area contributed by atoms with E-state index < -0.39 is 0 Å². The average molecular weight is 515 g/mol. The first-order valence-corrected chi connectivity index (χ1v) is 14.4. The first-order valence-electron chi connectivity index (χ1n) is 14.4. The van der Waals surface area contributed by atoms with Gasteiger partial charge in [-0.15, -0.1) is 0 Å². The lowest BCUT2D eigenvalue weighted by Crippen LogP contribution is -2.27. The lowest BCUT2D eigenvalue weighted by atomic mass is 9.81. The van der Waals surface area contributed by atoms with E-state index in [0.29, 0.717) is 17.8 Å². The van der Waals surface area contributed by atoms with Crippen molar-refractivity contribution in [1.29, 1.82) is 0 Å². The van der Waals surface area contributed by atoms with E-state index in [1.54, 1.807) is 0 Å². The first-order chi connectivity index (χ1) is 18.6. The van der Waals surface area contributed by atoms with Crippen LogP contribution in [0.2, 0.25) is 0 Å². The van der Waals surface area contributed by atoms with Crippen LogP contribution in [-0.4, -0.2) is 9.38 Å². The molecule has 0 amide bonds. The lowest BCUT2D eigenvalue weighted by Gasteiger charge is -2.23. The van der Waals surface area contributed by atoms with Crippen LogP contribution in [0.3, 0.4) is 0 Å². The Bertz CT molecular complexity index is 1890. The molecule has 0 spiro atoms. The molecule has 3 nitrogen and oxygen atoms in total. The third-order valence-electron chi connectivity index (χ3n) is 8.50. The van der Waals surface area contributed by atoms with Crippen LogP contribution in [0.25, 0.3) is 49.6 Å². The molecule has 0 aliphatic carbocycles. The van der Waals surface area contributed by atoms with Crippen LogP contribution in [0.15, 0.2) is 60.7 Å². The van der Waals surface area contributed by atoms with Crippen LogP contribution in [0.5, 0.6) is 0 Å². The molecule has 0 fully saturated rings. The van der Waals surface area contributed by atoms with Gasteiger partial charge in [0.05, 0.1) is 18.0 Å². The Morgan fingerprint density at radius 2 is 1.41 bits per heavy atom. The maximum atomic E-state index is 5.19. The van der Waals surface area contributed by atoms with E-state index in [1.165, 1.54) is 66.4 Å². The van der Waals surface area contributed by atoms with E-state index in [1.807, 2.05) is 0 Å². The van der Waals surface area contributed by atoms with Crippen LogP contribution >= 0.6 is 0 Å². The molecule has 3 heterocycles. The number of aromatic nitrogens is 3. The van der Waals surface area contributed by atoms with Gasteiger partial charge in [0.25, 0.3) is 5.65 Å². The Kier molecular flexibility index (Phi) is 6.02. The Morgan fingerprint density at radius 3 is 2.05 bits per heavy atom. The van der Waals surface area contributed by atoms with Gasteiger partial charge in [0.15, 0.2) is 11.0 Å². The lowest BCUT2D eigenvalue weighted by molar-refractivity contribution is -0.617. The molecule has 3 aromatic carbocycles. The third-order valence-corrected chi connectivity index (χ3v) is 8.50. The second-order valence-corrected chi connectivity index (χ2v) is 12.3. The summed E-state index contributed by atoms with van der Waals surface area (Å²) in [6.45, 7) is 18.2. The maximum absolute atomic E-state index is 5.19. The fourth-order valence-electron chi connectivity index (χ4n) is 6.52. The van der Waals surface area contributed by atoms with Crippen molar-refractivity contribution in [3.63, 3.8) is 0 Å². The topological polar surface area (TPSA) is 21.2 Å². The van der Waals surface area contributed by atoms with E-state index in [-0.39, 0.29) is 0 Å². The minimum Gasteiger partial charge on any atom is -0.252 e. The second kappa shape index (κ2) is 9.19. The number of hydrogen-bond acceptors (Lipinski definition) is 1. The van der Waals surface area contributed by atoms with Gasteiger partial charge in [0, 0.05) is 11.1 Å². The molecule has 0 saturated heterocycles. The number of fused-ring (bicyclic) bond motifs is 8. The Hall–Kier alpha value is -3.72. The van der Waals surface area contributed by atoms with Gasteiger partial charge < -0.3 is 0 Å². The molecular weight excluding hydrogens is 474 g/mol. The fourth-order valence-corrected chi connectivity index (χ4v) is 6.52. The molecule has 6 rings (SSSR count). The fraction of sp³-hybridized carbons (Fsp3) is 0.333. The van der Waals surface area contributed by atoms with E-state index in [4.69, 9.17) is 4.98 Å². The van der Waals surface area contributed by atoms with Gasteiger partial charge in [-0.3, -0.25) is 4.98 Å². The van der Waals surface area contributed by atoms with Gasteiger partial charge >= 0.3 is 0 Å². The number of hydrogen-bond donors (Lipinski definition) is 0. The van der Waals surface area contributed by atoms with Crippen LogP contribution in [0.1, 0.15) is 87.2 Å². The summed E-state index contributed by atoms with van der Waals surface area (Å²) in [6, 6.07) is 22.9. The van der Waals surface area contributed by atoms with Crippen molar-refractivity contribution < 1.29 is 4.57 Å². The van der Waals surface area contributed by atoms with E-state index >= 15 is 0 Å². The molecule has 0 unspecified atom stereocenters. The predicted octanol–water partition coefficient (Wildman–Crippen LogP) is 9.27. The number of imidazole rings is 1. The van der Waals surface area contributed by atoms with Gasteiger partial charge in [-0.2, -0.15) is 4.40 Å². The largest absolute Gasteiger partial charge is 0.297 e. The monoisotopic (exact) mass is 514 g/mol. The van der Waals surface area contributed by atoms with Crippen LogP contribution in [-0.2, 0) is 7.05 Å². The minimum atomic E-state index is 0.432. The highest BCUT2D eigenvalue weighted by Crippen LogP contribution is 2.41. The molecule has 39 heavy (non-hydrogen) atoms. The summed E-state index contributed by atoms with van der Waals surface area (Å²) in [5.74, 6) is 1.36. The zero-order valence-electron chi connectivity index (χ0n) is 24.8. The molecule has 0 bridgehead atoms. The van der Waals surface area contributed by atoms with Crippen molar-refractivity contribution in [3.05, 3.63) is 88.6 Å². The number of pyridine rings is 2. The van der Waals surface area contributed by atoms with E-state index in [9.17, 15) is 0 Å². The number of benzene rings is 3. The van der Waals surface area contributed by atoms with Crippen molar-refractivity contribution in [2.75, 3.05) is 0 Å². The van der Waals surface area contributed by atoms with Crippen LogP contribution in [0, 0.1) is 13.8 Å². The number of para-hydroxylation sites is 2. The molecule has 0 saturated carbocycles. The van der Waals surface area contributed by atoms with Gasteiger partial charge in [0.1, 0.15) is 5.52 Å². The highest BCUT2D eigenvalue weighted by atomic mass is 15.1. The van der Waals surface area contributed by atoms with Gasteiger partial charge in [-0.25, -0.2) is 4.57 Å². The molecule has 0 aliphatic rings. The number of nitrogens with zero attached hydrogens (tertiary/aromatic N) is 3. The molecule has 0 atom stereocenters. The summed E-state index contributed by atoms with van der Waals surface area (Å²) in [4.78, 5) is 5.19. The molecule has 3 heteroatoms. The smallest absolute Gasteiger partial charge is 0.252 e. The van der Waals surface area contributed by atoms with Crippen LogP contribution < -0.4 is 4.57 Å². The molecule has 0 radical (unpaired) electrons. The Balaban J connectivity index is 1.81. The average Bonchev–Trinajstić information content (AvgIpc) is 3.19. The van der Waals surface area contributed by atoms with Crippen LogP contribution in [0.4, 0.5) is 0 Å². The molecule has 0 aliphatic heterocycles. The summed E-state index contributed by atoms with van der Waals surface area (Å²) in [7, 11) is 2.18. The zero-order valence-corrected chi connectivity index (χ0v) is 24.8. The summed E-state index contributed by atoms with van der Waals surface area (Å²) in [5.41, 5.74) is 15.2. The van der Waals surface area contributed by atoms with Crippen molar-refractivity contribution in [2.45, 2.75) is 73.1 Å². The normalized spacial score (nSPS) is 12.4. The standard InChI is InChI=1S/C36H40N3/c1-20(2)26-18-27(21(3)4)34(28(19-26)22(5)6)25-14-15-30-29(17-25)35-33(23(7)16-24(8)37-35)36-38(9)31-12-10-11-13-32(31)39(30)36/h10-22H,1-9H3/q+1. The Morgan fingerprint density at radius 1 is 0.744 bits per heavy atom. The van der Waals surface area contributed by atoms with Crippen molar-refractivity contribution >= 4 is 38.5 Å². The SMILES string of the molecule is Cc1cc(C)c2c(n1)c1cc(-c3c(C(C)C)cc(C(C)C)cc3C(C)C)ccc1n1c3ccccc3[n+](C)c21. The third kappa shape index (κ3) is 3.85. The first kappa shape index (κ1) is 25.6. The van der Waals surface area contributed by atoms with E-state index in [2.05, 4.69) is 132 Å². The second-order valence-electron chi connectivity index (χ2n) is 12.3. The molecule has 0 N–H and O–H groups in total. The van der Waals surface area contributed by atoms with E-state index in [0.717, 1.165) is 11.2 Å². The predicted molar refractivity (Wildman–Crippen MR) is 166 cm³/mol. The number of aryl methyl sites for hydroxylation is 3. The van der Waals surface area contributed by atoms with Crippen molar-refractivity contribution in [1.82, 2.24) is 9.38 Å². The maximum Gasteiger partial charge on any atom is 0.297 e. The summed E-state index contributed by atoms with van der Waals surface area (Å²) >= 11 is 0. The summed E-state index contributed by atoms with van der Waals surface area (Å²) in [5, 5.41) is 2.44. The van der Waals surface area contributed by atoms with Gasteiger partial charge in [-0.1, -0.05) is 71.9 Å². The molecule has 3 aromatic heterocycles. The van der Waals surface area contributed by atoms with Gasteiger partial charge in [0.2, 0.25) is 0 Å². The minimum absolute atomic E-state index is 0.432. The summed E-state index contributed by atoms with van der Waals surface area (Å²) in [6.07, 6.45) is 0. The zero-order chi connectivity index (χ0) is 27.7. The summed E-state index contributed by atoms with van der Waals surface area (Å²) < 4.78 is 4.77. The molecule has 198 valence electrons.